The van der Waals surface area contributed by atoms with Gasteiger partial charge in [-0.3, -0.25) is 0 Å². The first kappa shape index (κ1) is 9.45. The van der Waals surface area contributed by atoms with Gasteiger partial charge in [-0.1, -0.05) is 0 Å². The number of fused-ring (bicyclic) bond motifs is 1. The SMILES string of the molecule is COC(=O)c1cc2nc(C)cc(O)n2n1. The second kappa shape index (κ2) is 3.23. The van der Waals surface area contributed by atoms with Crippen molar-refractivity contribution in [3.8, 4) is 5.88 Å². The molecule has 6 nitrogen and oxygen atoms in total. The van der Waals surface area contributed by atoms with Gasteiger partial charge in [0.25, 0.3) is 0 Å². The average molecular weight is 207 g/mol. The molecule has 2 aromatic rings. The molecule has 0 unspecified atom stereocenters. The Morgan fingerprint density at radius 3 is 2.93 bits per heavy atom. The Kier molecular flexibility index (Phi) is 2.03. The molecular formula is C9H9N3O3. The van der Waals surface area contributed by atoms with Gasteiger partial charge in [0.05, 0.1) is 7.11 Å². The van der Waals surface area contributed by atoms with Crippen LogP contribution < -0.4 is 0 Å². The topological polar surface area (TPSA) is 76.7 Å². The van der Waals surface area contributed by atoms with Crippen molar-refractivity contribution in [2.45, 2.75) is 6.92 Å². The molecule has 0 radical (unpaired) electrons. The third-order valence-corrected chi connectivity index (χ3v) is 1.93. The highest BCUT2D eigenvalue weighted by molar-refractivity contribution is 5.88. The predicted molar refractivity (Wildman–Crippen MR) is 50.7 cm³/mol. The molecule has 78 valence electrons. The molecule has 2 aromatic heterocycles. The minimum Gasteiger partial charge on any atom is -0.493 e. The Bertz CT molecular complexity index is 533. The Hall–Kier alpha value is -2.11. The van der Waals surface area contributed by atoms with Crippen LogP contribution in [0.4, 0.5) is 0 Å². The van der Waals surface area contributed by atoms with Crippen molar-refractivity contribution in [3.63, 3.8) is 0 Å². The number of hydrogen-bond donors (Lipinski definition) is 1. The van der Waals surface area contributed by atoms with Crippen LogP contribution >= 0.6 is 0 Å². The average Bonchev–Trinajstić information content (AvgIpc) is 2.60. The molecule has 2 heterocycles. The van der Waals surface area contributed by atoms with Gasteiger partial charge in [-0.25, -0.2) is 9.78 Å². The molecule has 0 fully saturated rings. The van der Waals surface area contributed by atoms with E-state index in [-0.39, 0.29) is 11.6 Å². The number of nitrogens with zero attached hydrogens (tertiary/aromatic N) is 3. The van der Waals surface area contributed by atoms with E-state index in [1.54, 1.807) is 6.92 Å². The van der Waals surface area contributed by atoms with Gasteiger partial charge in [-0.05, 0) is 6.92 Å². The number of carbonyl (C=O) groups excluding carboxylic acids is 1. The second-order valence-corrected chi connectivity index (χ2v) is 3.05. The van der Waals surface area contributed by atoms with E-state index in [2.05, 4.69) is 14.8 Å². The molecule has 0 atom stereocenters. The summed E-state index contributed by atoms with van der Waals surface area (Å²) in [5.41, 5.74) is 1.18. The van der Waals surface area contributed by atoms with E-state index in [9.17, 15) is 9.90 Å². The molecule has 0 saturated heterocycles. The number of ether oxygens (including phenoxy) is 1. The van der Waals surface area contributed by atoms with Crippen molar-refractivity contribution >= 4 is 11.6 Å². The lowest BCUT2D eigenvalue weighted by molar-refractivity contribution is 0.0593. The van der Waals surface area contributed by atoms with Crippen LogP contribution in [0.25, 0.3) is 5.65 Å². The van der Waals surface area contributed by atoms with Crippen molar-refractivity contribution in [2.24, 2.45) is 0 Å². The smallest absolute Gasteiger partial charge is 0.358 e. The second-order valence-electron chi connectivity index (χ2n) is 3.05. The lowest BCUT2D eigenvalue weighted by atomic mass is 10.4. The van der Waals surface area contributed by atoms with Gasteiger partial charge in [0.1, 0.15) is 0 Å². The van der Waals surface area contributed by atoms with E-state index < -0.39 is 5.97 Å². The number of aromatic nitrogens is 3. The number of aromatic hydroxyl groups is 1. The highest BCUT2D eigenvalue weighted by Gasteiger charge is 2.13. The molecule has 0 aliphatic heterocycles. The fourth-order valence-corrected chi connectivity index (χ4v) is 1.28. The molecular weight excluding hydrogens is 198 g/mol. The molecule has 1 N–H and O–H groups in total. The maximum absolute atomic E-state index is 11.2. The summed E-state index contributed by atoms with van der Waals surface area (Å²) < 4.78 is 5.69. The molecule has 0 amide bonds. The van der Waals surface area contributed by atoms with Crippen molar-refractivity contribution in [1.82, 2.24) is 14.6 Å². The summed E-state index contributed by atoms with van der Waals surface area (Å²) in [4.78, 5) is 15.3. The molecule has 0 aliphatic carbocycles. The molecule has 15 heavy (non-hydrogen) atoms. The number of aryl methyl sites for hydroxylation is 1. The van der Waals surface area contributed by atoms with E-state index in [0.29, 0.717) is 11.3 Å². The van der Waals surface area contributed by atoms with Crippen LogP contribution in [-0.4, -0.2) is 32.8 Å². The molecule has 0 saturated carbocycles. The maximum Gasteiger partial charge on any atom is 0.358 e. The minimum absolute atomic E-state index is 0.0624. The van der Waals surface area contributed by atoms with Crippen LogP contribution in [0.3, 0.4) is 0 Å². The first-order valence-corrected chi connectivity index (χ1v) is 4.26. The van der Waals surface area contributed by atoms with Crippen LogP contribution in [0.1, 0.15) is 16.2 Å². The Balaban J connectivity index is 2.65. The maximum atomic E-state index is 11.2. The summed E-state index contributed by atoms with van der Waals surface area (Å²) in [6.45, 7) is 1.74. The largest absolute Gasteiger partial charge is 0.493 e. The molecule has 0 aromatic carbocycles. The van der Waals surface area contributed by atoms with E-state index in [1.165, 1.54) is 23.8 Å². The van der Waals surface area contributed by atoms with Gasteiger partial charge in [0.2, 0.25) is 5.88 Å². The van der Waals surface area contributed by atoms with Crippen molar-refractivity contribution in [1.29, 1.82) is 0 Å². The summed E-state index contributed by atoms with van der Waals surface area (Å²) >= 11 is 0. The third-order valence-electron chi connectivity index (χ3n) is 1.93. The normalized spacial score (nSPS) is 10.5. The predicted octanol–water partition coefficient (Wildman–Crippen LogP) is 0.530. The summed E-state index contributed by atoms with van der Waals surface area (Å²) in [7, 11) is 1.27. The van der Waals surface area contributed by atoms with Crippen LogP contribution in [0.5, 0.6) is 5.88 Å². The minimum atomic E-state index is -0.558. The lowest BCUT2D eigenvalue weighted by Gasteiger charge is -1.97. The molecule has 6 heteroatoms. The standard InChI is InChI=1S/C9H9N3O3/c1-5-3-8(13)12-7(10-5)4-6(11-12)9(14)15-2/h3-4,13H,1-2H3. The zero-order valence-electron chi connectivity index (χ0n) is 8.26. The van der Waals surface area contributed by atoms with Gasteiger partial charge in [0, 0.05) is 17.8 Å². The number of hydrogen-bond acceptors (Lipinski definition) is 5. The zero-order valence-corrected chi connectivity index (χ0v) is 8.26. The highest BCUT2D eigenvalue weighted by atomic mass is 16.5. The summed E-state index contributed by atoms with van der Waals surface area (Å²) in [6.07, 6.45) is 0. The fraction of sp³-hybridized carbons (Fsp3) is 0.222. The van der Waals surface area contributed by atoms with Crippen LogP contribution in [0.15, 0.2) is 12.1 Å². The first-order chi connectivity index (χ1) is 7.11. The van der Waals surface area contributed by atoms with Gasteiger partial charge in [-0.15, -0.1) is 0 Å². The molecule has 0 aliphatic rings. The van der Waals surface area contributed by atoms with E-state index in [0.717, 1.165) is 0 Å². The first-order valence-electron chi connectivity index (χ1n) is 4.26. The Morgan fingerprint density at radius 1 is 1.53 bits per heavy atom. The fourth-order valence-electron chi connectivity index (χ4n) is 1.28. The number of esters is 1. The van der Waals surface area contributed by atoms with E-state index in [1.807, 2.05) is 0 Å². The Labute approximate surface area is 85.1 Å². The zero-order chi connectivity index (χ0) is 11.0. The van der Waals surface area contributed by atoms with E-state index >= 15 is 0 Å². The van der Waals surface area contributed by atoms with Crippen molar-refractivity contribution in [2.75, 3.05) is 7.11 Å². The number of methoxy groups -OCH3 is 1. The third kappa shape index (κ3) is 1.50. The van der Waals surface area contributed by atoms with Gasteiger partial charge >= 0.3 is 5.97 Å². The summed E-state index contributed by atoms with van der Waals surface area (Å²) in [5.74, 6) is -0.620. The molecule has 0 bridgehead atoms. The van der Waals surface area contributed by atoms with E-state index in [4.69, 9.17) is 0 Å². The van der Waals surface area contributed by atoms with Gasteiger partial charge in [0.15, 0.2) is 11.3 Å². The van der Waals surface area contributed by atoms with Crippen LogP contribution in [0, 0.1) is 6.92 Å². The monoisotopic (exact) mass is 207 g/mol. The number of carbonyl (C=O) groups is 1. The quantitative estimate of drug-likeness (QED) is 0.690. The highest BCUT2D eigenvalue weighted by Crippen LogP contribution is 2.14. The van der Waals surface area contributed by atoms with Crippen molar-refractivity contribution < 1.29 is 14.6 Å². The molecule has 0 spiro atoms. The van der Waals surface area contributed by atoms with Crippen LogP contribution in [-0.2, 0) is 4.74 Å². The number of rotatable bonds is 1. The van der Waals surface area contributed by atoms with Gasteiger partial charge in [-0.2, -0.15) is 9.61 Å². The summed E-state index contributed by atoms with van der Waals surface area (Å²) in [6, 6.07) is 2.92. The van der Waals surface area contributed by atoms with Crippen LogP contribution in [0.2, 0.25) is 0 Å². The molecule has 2 rings (SSSR count). The van der Waals surface area contributed by atoms with Crippen molar-refractivity contribution in [3.05, 3.63) is 23.5 Å². The van der Waals surface area contributed by atoms with Gasteiger partial charge < -0.3 is 9.84 Å². The lowest BCUT2D eigenvalue weighted by Crippen LogP contribution is -2.02. The summed E-state index contributed by atoms with van der Waals surface area (Å²) in [5, 5.41) is 13.4. The Morgan fingerprint density at radius 2 is 2.27 bits per heavy atom.